The number of aryl methyl sites for hydroxylation is 2. The Balaban J connectivity index is 2.57. The van der Waals surface area contributed by atoms with Gasteiger partial charge in [0.1, 0.15) is 5.75 Å². The summed E-state index contributed by atoms with van der Waals surface area (Å²) in [6.45, 7) is 1.95. The molecular weight excluding hydrogens is 180 g/mol. The summed E-state index contributed by atoms with van der Waals surface area (Å²) in [4.78, 5) is 10.3. The molecule has 14 heavy (non-hydrogen) atoms. The van der Waals surface area contributed by atoms with Gasteiger partial charge in [0.25, 0.3) is 0 Å². The molecule has 76 valence electrons. The number of carbonyl (C=O) groups is 1. The molecule has 0 heterocycles. The Bertz CT molecular complexity index is 331. The molecule has 3 heteroatoms. The van der Waals surface area contributed by atoms with Crippen LogP contribution in [0.25, 0.3) is 0 Å². The first-order valence-corrected chi connectivity index (χ1v) is 4.60. The van der Waals surface area contributed by atoms with Crippen LogP contribution in [0.4, 0.5) is 0 Å². The van der Waals surface area contributed by atoms with E-state index in [9.17, 15) is 9.90 Å². The topological polar surface area (TPSA) is 57.5 Å². The van der Waals surface area contributed by atoms with Gasteiger partial charge >= 0.3 is 5.97 Å². The third-order valence-electron chi connectivity index (χ3n) is 2.17. The molecule has 1 aromatic rings. The highest BCUT2D eigenvalue weighted by Crippen LogP contribution is 2.17. The van der Waals surface area contributed by atoms with E-state index in [0.717, 1.165) is 11.1 Å². The largest absolute Gasteiger partial charge is 0.508 e. The van der Waals surface area contributed by atoms with Crippen LogP contribution in [0.1, 0.15) is 24.0 Å². The Hall–Kier alpha value is -1.51. The van der Waals surface area contributed by atoms with Crippen LogP contribution in [0.2, 0.25) is 0 Å². The van der Waals surface area contributed by atoms with Crippen molar-refractivity contribution in [1.82, 2.24) is 0 Å². The Morgan fingerprint density at radius 3 is 2.79 bits per heavy atom. The molecule has 0 bridgehead atoms. The summed E-state index contributed by atoms with van der Waals surface area (Å²) in [7, 11) is 0. The van der Waals surface area contributed by atoms with Crippen LogP contribution < -0.4 is 0 Å². The molecule has 1 aromatic carbocycles. The number of phenolic OH excluding ortho intramolecular Hbond substituents is 1. The maximum Gasteiger partial charge on any atom is 0.303 e. The normalized spacial score (nSPS) is 10.1. The van der Waals surface area contributed by atoms with Crippen LogP contribution in [-0.2, 0) is 11.2 Å². The molecule has 1 rings (SSSR count). The Labute approximate surface area is 83.0 Å². The minimum absolute atomic E-state index is 0.176. The van der Waals surface area contributed by atoms with Crippen LogP contribution in [0.5, 0.6) is 5.75 Å². The van der Waals surface area contributed by atoms with Gasteiger partial charge in [0.15, 0.2) is 0 Å². The second kappa shape index (κ2) is 4.65. The lowest BCUT2D eigenvalue weighted by Crippen LogP contribution is -1.97. The second-order valence-corrected chi connectivity index (χ2v) is 3.36. The van der Waals surface area contributed by atoms with E-state index in [1.165, 1.54) is 0 Å². The fraction of sp³-hybridized carbons (Fsp3) is 0.364. The molecule has 0 radical (unpaired) electrons. The average Bonchev–Trinajstić information content (AvgIpc) is 2.10. The number of phenols is 1. The minimum atomic E-state index is -0.775. The van der Waals surface area contributed by atoms with E-state index < -0.39 is 5.97 Å². The van der Waals surface area contributed by atoms with E-state index in [1.54, 1.807) is 12.1 Å². The molecular formula is C11H14O3. The van der Waals surface area contributed by atoms with Crippen molar-refractivity contribution in [3.63, 3.8) is 0 Å². The first-order valence-electron chi connectivity index (χ1n) is 4.60. The van der Waals surface area contributed by atoms with E-state index in [2.05, 4.69) is 0 Å². The third kappa shape index (κ3) is 3.09. The van der Waals surface area contributed by atoms with Crippen molar-refractivity contribution < 1.29 is 15.0 Å². The number of rotatable bonds is 4. The van der Waals surface area contributed by atoms with Gasteiger partial charge in [-0.3, -0.25) is 4.79 Å². The van der Waals surface area contributed by atoms with Crippen LogP contribution in [0.15, 0.2) is 18.2 Å². The van der Waals surface area contributed by atoms with E-state index >= 15 is 0 Å². The van der Waals surface area contributed by atoms with Gasteiger partial charge in [0.2, 0.25) is 0 Å². The number of hydrogen-bond acceptors (Lipinski definition) is 2. The molecule has 0 spiro atoms. The molecule has 0 saturated carbocycles. The van der Waals surface area contributed by atoms with Crippen LogP contribution in [0.3, 0.4) is 0 Å². The Morgan fingerprint density at radius 2 is 2.14 bits per heavy atom. The van der Waals surface area contributed by atoms with E-state index in [1.807, 2.05) is 13.0 Å². The van der Waals surface area contributed by atoms with Gasteiger partial charge in [-0.1, -0.05) is 6.07 Å². The number of carboxylic acids is 1. The van der Waals surface area contributed by atoms with Crippen molar-refractivity contribution in [3.05, 3.63) is 29.3 Å². The predicted molar refractivity (Wildman–Crippen MR) is 53.4 cm³/mol. The molecule has 0 aromatic heterocycles. The summed E-state index contributed by atoms with van der Waals surface area (Å²) >= 11 is 0. The zero-order valence-electron chi connectivity index (χ0n) is 8.16. The van der Waals surface area contributed by atoms with Crippen LogP contribution in [0, 0.1) is 6.92 Å². The van der Waals surface area contributed by atoms with E-state index in [-0.39, 0.29) is 12.2 Å². The minimum Gasteiger partial charge on any atom is -0.508 e. The smallest absolute Gasteiger partial charge is 0.303 e. The molecule has 0 aliphatic heterocycles. The van der Waals surface area contributed by atoms with Gasteiger partial charge in [-0.15, -0.1) is 0 Å². The molecule has 0 fully saturated rings. The summed E-state index contributed by atoms with van der Waals surface area (Å²) < 4.78 is 0. The fourth-order valence-electron chi connectivity index (χ4n) is 1.36. The van der Waals surface area contributed by atoms with Crippen molar-refractivity contribution in [2.24, 2.45) is 0 Å². The van der Waals surface area contributed by atoms with Crippen molar-refractivity contribution in [2.75, 3.05) is 0 Å². The zero-order valence-corrected chi connectivity index (χ0v) is 8.16. The summed E-state index contributed by atoms with van der Waals surface area (Å²) in [5.41, 5.74) is 2.11. The van der Waals surface area contributed by atoms with Crippen molar-refractivity contribution in [1.29, 1.82) is 0 Å². The van der Waals surface area contributed by atoms with Gasteiger partial charge in [-0.25, -0.2) is 0 Å². The van der Waals surface area contributed by atoms with Gasteiger partial charge in [-0.2, -0.15) is 0 Å². The first-order chi connectivity index (χ1) is 6.59. The number of aromatic hydroxyl groups is 1. The van der Waals surface area contributed by atoms with Crippen molar-refractivity contribution in [2.45, 2.75) is 26.2 Å². The average molecular weight is 194 g/mol. The maximum absolute atomic E-state index is 10.3. The summed E-state index contributed by atoms with van der Waals surface area (Å²) in [6, 6.07) is 5.17. The van der Waals surface area contributed by atoms with E-state index in [4.69, 9.17) is 5.11 Å². The van der Waals surface area contributed by atoms with Crippen molar-refractivity contribution >= 4 is 5.97 Å². The highest BCUT2D eigenvalue weighted by atomic mass is 16.4. The molecule has 0 aliphatic rings. The van der Waals surface area contributed by atoms with E-state index in [0.29, 0.717) is 12.8 Å². The van der Waals surface area contributed by atoms with Gasteiger partial charge in [-0.05, 0) is 43.0 Å². The lowest BCUT2D eigenvalue weighted by atomic mass is 10.0. The highest BCUT2D eigenvalue weighted by molar-refractivity contribution is 5.66. The standard InChI is InChI=1S/C11H14O3/c1-8-5-6-10(12)7-9(8)3-2-4-11(13)14/h5-7,12H,2-4H2,1H3,(H,13,14). The molecule has 0 atom stereocenters. The monoisotopic (exact) mass is 194 g/mol. The Kier molecular flexibility index (Phi) is 3.51. The molecule has 0 unspecified atom stereocenters. The van der Waals surface area contributed by atoms with Gasteiger partial charge < -0.3 is 10.2 Å². The van der Waals surface area contributed by atoms with Crippen LogP contribution in [-0.4, -0.2) is 16.2 Å². The lowest BCUT2D eigenvalue weighted by molar-refractivity contribution is -0.137. The van der Waals surface area contributed by atoms with Gasteiger partial charge in [0, 0.05) is 6.42 Å². The lowest BCUT2D eigenvalue weighted by Gasteiger charge is -2.04. The molecule has 0 saturated heterocycles. The number of hydrogen-bond donors (Lipinski definition) is 2. The maximum atomic E-state index is 10.3. The quantitative estimate of drug-likeness (QED) is 0.771. The molecule has 0 amide bonds. The second-order valence-electron chi connectivity index (χ2n) is 3.36. The number of benzene rings is 1. The SMILES string of the molecule is Cc1ccc(O)cc1CCCC(=O)O. The summed E-state index contributed by atoms with van der Waals surface area (Å²) in [5, 5.41) is 17.7. The summed E-state index contributed by atoms with van der Waals surface area (Å²) in [6.07, 6.45) is 1.49. The van der Waals surface area contributed by atoms with Crippen molar-refractivity contribution in [3.8, 4) is 5.75 Å². The Morgan fingerprint density at radius 1 is 1.43 bits per heavy atom. The van der Waals surface area contributed by atoms with Crippen LogP contribution >= 0.6 is 0 Å². The third-order valence-corrected chi connectivity index (χ3v) is 2.17. The first kappa shape index (κ1) is 10.6. The fourth-order valence-corrected chi connectivity index (χ4v) is 1.36. The molecule has 2 N–H and O–H groups in total. The van der Waals surface area contributed by atoms with Gasteiger partial charge in [0.05, 0.1) is 0 Å². The number of aliphatic carboxylic acids is 1. The number of carboxylic acid groups (broad SMARTS) is 1. The zero-order chi connectivity index (χ0) is 10.6. The molecule has 0 aliphatic carbocycles. The molecule has 3 nitrogen and oxygen atoms in total. The summed E-state index contributed by atoms with van der Waals surface area (Å²) in [5.74, 6) is -0.538. The predicted octanol–water partition coefficient (Wildman–Crippen LogP) is 2.11. The highest BCUT2D eigenvalue weighted by Gasteiger charge is 2.02.